The highest BCUT2D eigenvalue weighted by atomic mass is 79.9. The van der Waals surface area contributed by atoms with E-state index in [2.05, 4.69) is 30.7 Å². The molecule has 0 atom stereocenters. The van der Waals surface area contributed by atoms with Crippen LogP contribution in [0.1, 0.15) is 0 Å². The Morgan fingerprint density at radius 3 is 2.85 bits per heavy atom. The summed E-state index contributed by atoms with van der Waals surface area (Å²) in [7, 11) is -3.67. The summed E-state index contributed by atoms with van der Waals surface area (Å²) in [4.78, 5) is 4.20. The number of nitrogens with zero attached hydrogens (tertiary/aromatic N) is 3. The maximum atomic E-state index is 12.3. The minimum atomic E-state index is -3.67. The van der Waals surface area contributed by atoms with E-state index in [1.807, 2.05) is 0 Å². The van der Waals surface area contributed by atoms with E-state index in [0.717, 1.165) is 0 Å². The van der Waals surface area contributed by atoms with Crippen LogP contribution in [0.4, 0.5) is 5.69 Å². The highest BCUT2D eigenvalue weighted by Gasteiger charge is 2.16. The number of hydrogen-bond acceptors (Lipinski definition) is 4. The lowest BCUT2D eigenvalue weighted by Crippen LogP contribution is -2.13. The van der Waals surface area contributed by atoms with Gasteiger partial charge < -0.3 is 0 Å². The first-order chi connectivity index (χ1) is 9.56. The van der Waals surface area contributed by atoms with E-state index in [1.165, 1.54) is 23.0 Å². The number of benzene rings is 1. The molecule has 3 aromatic rings. The van der Waals surface area contributed by atoms with E-state index in [4.69, 9.17) is 0 Å². The van der Waals surface area contributed by atoms with Crippen LogP contribution < -0.4 is 4.72 Å². The van der Waals surface area contributed by atoms with Crippen molar-refractivity contribution < 1.29 is 8.42 Å². The highest BCUT2D eigenvalue weighted by Crippen LogP contribution is 2.21. The second-order valence-electron chi connectivity index (χ2n) is 4.01. The summed E-state index contributed by atoms with van der Waals surface area (Å²) in [6, 6.07) is 9.82. The summed E-state index contributed by atoms with van der Waals surface area (Å²) < 4.78 is 29.4. The summed E-state index contributed by atoms with van der Waals surface area (Å²) in [6.45, 7) is 0. The number of nitrogens with one attached hydrogen (secondary N) is 1. The summed E-state index contributed by atoms with van der Waals surface area (Å²) in [5.41, 5.74) is 0.830. The Morgan fingerprint density at radius 2 is 2.05 bits per heavy atom. The third kappa shape index (κ3) is 2.39. The van der Waals surface area contributed by atoms with Crippen LogP contribution >= 0.6 is 15.9 Å². The molecule has 0 aliphatic heterocycles. The topological polar surface area (TPSA) is 76.4 Å². The molecule has 0 saturated heterocycles. The largest absolute Gasteiger partial charge is 0.276 e. The molecule has 0 bridgehead atoms. The van der Waals surface area contributed by atoms with Gasteiger partial charge >= 0.3 is 0 Å². The molecule has 20 heavy (non-hydrogen) atoms. The second-order valence-corrected chi connectivity index (χ2v) is 6.61. The molecule has 3 rings (SSSR count). The van der Waals surface area contributed by atoms with Crippen molar-refractivity contribution in [1.82, 2.24) is 14.6 Å². The molecular weight excluding hydrogens is 344 g/mol. The fourth-order valence-electron chi connectivity index (χ4n) is 1.76. The monoisotopic (exact) mass is 352 g/mol. The lowest BCUT2D eigenvalue weighted by molar-refractivity contribution is 0.601. The van der Waals surface area contributed by atoms with Crippen molar-refractivity contribution in [3.05, 3.63) is 53.4 Å². The number of aromatic nitrogens is 3. The van der Waals surface area contributed by atoms with E-state index in [-0.39, 0.29) is 4.90 Å². The normalized spacial score (nSPS) is 11.7. The Kier molecular flexibility index (Phi) is 3.19. The lowest BCUT2D eigenvalue weighted by Gasteiger charge is -2.08. The Bertz CT molecular complexity index is 876. The molecule has 0 aliphatic carbocycles. The van der Waals surface area contributed by atoms with Gasteiger partial charge in [0.25, 0.3) is 10.0 Å². The number of sulfonamides is 1. The molecule has 0 fully saturated rings. The van der Waals surface area contributed by atoms with Crippen molar-refractivity contribution >= 4 is 37.3 Å². The molecule has 0 spiro atoms. The van der Waals surface area contributed by atoms with Crippen LogP contribution in [0.3, 0.4) is 0 Å². The zero-order valence-electron chi connectivity index (χ0n) is 10.1. The van der Waals surface area contributed by atoms with Gasteiger partial charge in [-0.3, -0.25) is 4.72 Å². The molecule has 1 N–H and O–H groups in total. The SMILES string of the molecule is O=S(=O)(Nc1cccn2ncnc12)c1cccc(Br)c1. The molecule has 102 valence electrons. The van der Waals surface area contributed by atoms with Gasteiger partial charge in [0.15, 0.2) is 5.65 Å². The van der Waals surface area contributed by atoms with Crippen LogP contribution in [0, 0.1) is 0 Å². The molecule has 6 nitrogen and oxygen atoms in total. The molecule has 0 amide bonds. The minimum Gasteiger partial charge on any atom is -0.276 e. The van der Waals surface area contributed by atoms with E-state index in [9.17, 15) is 8.42 Å². The molecule has 1 aromatic carbocycles. The quantitative estimate of drug-likeness (QED) is 0.784. The Balaban J connectivity index is 2.04. The van der Waals surface area contributed by atoms with Crippen LogP contribution in [0.2, 0.25) is 0 Å². The Labute approximate surface area is 123 Å². The maximum absolute atomic E-state index is 12.3. The van der Waals surface area contributed by atoms with Crippen molar-refractivity contribution in [3.8, 4) is 0 Å². The summed E-state index contributed by atoms with van der Waals surface area (Å²) >= 11 is 3.25. The standard InChI is InChI=1S/C12H9BrN4O2S/c13-9-3-1-4-10(7-9)20(18,19)16-11-5-2-6-17-12(11)14-8-15-17/h1-8,16H. The maximum Gasteiger partial charge on any atom is 0.262 e. The molecule has 8 heteroatoms. The Hall–Kier alpha value is -1.93. The number of rotatable bonds is 3. The van der Waals surface area contributed by atoms with E-state index >= 15 is 0 Å². The fraction of sp³-hybridized carbons (Fsp3) is 0. The van der Waals surface area contributed by atoms with Gasteiger partial charge in [-0.25, -0.2) is 17.9 Å². The number of pyridine rings is 1. The lowest BCUT2D eigenvalue weighted by atomic mass is 10.4. The van der Waals surface area contributed by atoms with Crippen molar-refractivity contribution in [3.63, 3.8) is 0 Å². The molecule has 0 aliphatic rings. The predicted octanol–water partition coefficient (Wildman–Crippen LogP) is 2.29. The smallest absolute Gasteiger partial charge is 0.262 e. The van der Waals surface area contributed by atoms with Crippen LogP contribution in [-0.2, 0) is 10.0 Å². The number of halogens is 1. The van der Waals surface area contributed by atoms with Crippen molar-refractivity contribution in [2.75, 3.05) is 4.72 Å². The zero-order chi connectivity index (χ0) is 14.2. The average Bonchev–Trinajstić information content (AvgIpc) is 2.88. The van der Waals surface area contributed by atoms with Crippen LogP contribution in [0.15, 0.2) is 58.3 Å². The Morgan fingerprint density at radius 1 is 1.20 bits per heavy atom. The van der Waals surface area contributed by atoms with Gasteiger partial charge in [-0.2, -0.15) is 5.10 Å². The fourth-order valence-corrected chi connectivity index (χ4v) is 3.42. The van der Waals surface area contributed by atoms with Gasteiger partial charge in [0.1, 0.15) is 6.33 Å². The number of hydrogen-bond donors (Lipinski definition) is 1. The van der Waals surface area contributed by atoms with Crippen LogP contribution in [0.25, 0.3) is 5.65 Å². The van der Waals surface area contributed by atoms with E-state index in [0.29, 0.717) is 15.8 Å². The predicted molar refractivity (Wildman–Crippen MR) is 77.9 cm³/mol. The molecule has 2 aromatic heterocycles. The number of fused-ring (bicyclic) bond motifs is 1. The molecule has 0 saturated carbocycles. The van der Waals surface area contributed by atoms with E-state index in [1.54, 1.807) is 30.5 Å². The highest BCUT2D eigenvalue weighted by molar-refractivity contribution is 9.10. The van der Waals surface area contributed by atoms with Gasteiger partial charge in [-0.1, -0.05) is 22.0 Å². The van der Waals surface area contributed by atoms with Gasteiger partial charge in [0, 0.05) is 10.7 Å². The molecule has 0 unspecified atom stereocenters. The van der Waals surface area contributed by atoms with Gasteiger partial charge in [-0.15, -0.1) is 0 Å². The summed E-state index contributed by atoms with van der Waals surface area (Å²) in [6.07, 6.45) is 3.06. The van der Waals surface area contributed by atoms with E-state index < -0.39 is 10.0 Å². The van der Waals surface area contributed by atoms with Gasteiger partial charge in [-0.05, 0) is 30.3 Å². The zero-order valence-corrected chi connectivity index (χ0v) is 12.5. The first-order valence-corrected chi connectivity index (χ1v) is 7.91. The van der Waals surface area contributed by atoms with Crippen LogP contribution in [0.5, 0.6) is 0 Å². The van der Waals surface area contributed by atoms with Crippen LogP contribution in [-0.4, -0.2) is 23.0 Å². The number of anilines is 1. The molecular formula is C12H9BrN4O2S. The molecule has 2 heterocycles. The first-order valence-electron chi connectivity index (χ1n) is 5.63. The minimum absolute atomic E-state index is 0.174. The third-order valence-corrected chi connectivity index (χ3v) is 4.51. The van der Waals surface area contributed by atoms with Gasteiger partial charge in [0.05, 0.1) is 10.6 Å². The third-order valence-electron chi connectivity index (χ3n) is 2.65. The first kappa shape index (κ1) is 13.1. The molecule has 0 radical (unpaired) electrons. The van der Waals surface area contributed by atoms with Crippen molar-refractivity contribution in [2.24, 2.45) is 0 Å². The van der Waals surface area contributed by atoms with Crippen molar-refractivity contribution in [2.45, 2.75) is 4.90 Å². The summed E-state index contributed by atoms with van der Waals surface area (Å²) in [5, 5.41) is 3.96. The van der Waals surface area contributed by atoms with Crippen molar-refractivity contribution in [1.29, 1.82) is 0 Å². The average molecular weight is 353 g/mol. The van der Waals surface area contributed by atoms with Gasteiger partial charge in [0.2, 0.25) is 0 Å². The second kappa shape index (κ2) is 4.88. The summed E-state index contributed by atoms with van der Waals surface area (Å²) in [5.74, 6) is 0.